The molecule has 0 heterocycles. The average Bonchev–Trinajstić information content (AvgIpc) is 2.18. The number of hydrogen-bond donors (Lipinski definition) is 1. The van der Waals surface area contributed by atoms with Crippen LogP contribution in [0.3, 0.4) is 0 Å². The maximum Gasteiger partial charge on any atom is 0.0729 e. The molecular formula is C12H17ClN2. The van der Waals surface area contributed by atoms with E-state index in [4.69, 9.17) is 0 Å². The van der Waals surface area contributed by atoms with Crippen molar-refractivity contribution >= 4 is 24.0 Å². The van der Waals surface area contributed by atoms with Gasteiger partial charge >= 0.3 is 0 Å². The van der Waals surface area contributed by atoms with Crippen molar-refractivity contribution in [1.82, 2.24) is 5.32 Å². The van der Waals surface area contributed by atoms with Crippen molar-refractivity contribution in [1.29, 1.82) is 0 Å². The molecule has 0 fully saturated rings. The van der Waals surface area contributed by atoms with E-state index in [1.54, 1.807) is 0 Å². The summed E-state index contributed by atoms with van der Waals surface area (Å²) in [6.07, 6.45) is 1.90. The van der Waals surface area contributed by atoms with Crippen LogP contribution >= 0.6 is 12.4 Å². The number of aliphatic imine (C=N–C) groups is 1. The summed E-state index contributed by atoms with van der Waals surface area (Å²) in [5.74, 6) is 2.89. The molecule has 0 aliphatic carbocycles. The lowest BCUT2D eigenvalue weighted by Crippen LogP contribution is -2.22. The lowest BCUT2D eigenvalue weighted by atomic mass is 10.3. The molecule has 1 N–H and O–H groups in total. The number of nitrogens with zero attached hydrogens (tertiary/aromatic N) is 1. The number of halogens is 1. The van der Waals surface area contributed by atoms with Gasteiger partial charge in [-0.3, -0.25) is 0 Å². The molecule has 0 saturated heterocycles. The van der Waals surface area contributed by atoms with E-state index in [1.165, 1.54) is 0 Å². The normalized spacial score (nSPS) is 9.00. The van der Waals surface area contributed by atoms with Gasteiger partial charge in [-0.25, -0.2) is 4.99 Å². The minimum atomic E-state index is 0. The Hall–Kier alpha value is -1.08. The summed E-state index contributed by atoms with van der Waals surface area (Å²) in [7, 11) is 0. The molecule has 0 aliphatic heterocycles. The van der Waals surface area contributed by atoms with Crippen molar-refractivity contribution < 1.29 is 0 Å². The summed E-state index contributed by atoms with van der Waals surface area (Å²) in [5.41, 5.74) is 0.938. The van der Waals surface area contributed by atoms with Gasteiger partial charge < -0.3 is 5.32 Å². The molecule has 0 saturated carbocycles. The summed E-state index contributed by atoms with van der Waals surface area (Å²) in [4.78, 5) is 4.16. The van der Waals surface area contributed by atoms with E-state index in [9.17, 15) is 0 Å². The van der Waals surface area contributed by atoms with Crippen LogP contribution in [0.5, 0.6) is 0 Å². The quantitative estimate of drug-likeness (QED) is 0.782. The van der Waals surface area contributed by atoms with Crippen molar-refractivity contribution in [3.8, 4) is 0 Å². The van der Waals surface area contributed by atoms with Crippen LogP contribution in [0.2, 0.25) is 0 Å². The molecule has 82 valence electrons. The minimum absolute atomic E-state index is 0. The van der Waals surface area contributed by atoms with Gasteiger partial charge in [0.1, 0.15) is 0 Å². The van der Waals surface area contributed by atoms with Crippen LogP contribution in [-0.4, -0.2) is 18.5 Å². The largest absolute Gasteiger partial charge is 0.310 e. The zero-order valence-electron chi connectivity index (χ0n) is 9.10. The van der Waals surface area contributed by atoms with Crippen molar-refractivity contribution in [3.63, 3.8) is 0 Å². The highest BCUT2D eigenvalue weighted by atomic mass is 35.5. The zero-order valence-corrected chi connectivity index (χ0v) is 9.92. The van der Waals surface area contributed by atoms with E-state index < -0.39 is 0 Å². The maximum absolute atomic E-state index is 4.16. The molecule has 1 rings (SSSR count). The summed E-state index contributed by atoms with van der Waals surface area (Å²) < 4.78 is 0. The van der Waals surface area contributed by atoms with Gasteiger partial charge in [0.05, 0.1) is 5.69 Å². The molecule has 0 spiro atoms. The van der Waals surface area contributed by atoms with Crippen LogP contribution in [0.25, 0.3) is 0 Å². The fourth-order valence-electron chi connectivity index (χ4n) is 0.963. The second kappa shape index (κ2) is 8.25. The third-order valence-electron chi connectivity index (χ3n) is 1.67. The number of nitrogens with one attached hydrogen (secondary N) is 1. The van der Waals surface area contributed by atoms with Crippen LogP contribution in [0.4, 0.5) is 5.69 Å². The lowest BCUT2D eigenvalue weighted by Gasteiger charge is -2.01. The third kappa shape index (κ3) is 6.92. The molecule has 1 aromatic rings. The predicted octanol–water partition coefficient (Wildman–Crippen LogP) is 2.96. The van der Waals surface area contributed by atoms with Crippen molar-refractivity contribution in [3.05, 3.63) is 36.4 Å². The third-order valence-corrected chi connectivity index (χ3v) is 1.67. The lowest BCUT2D eigenvalue weighted by molar-refractivity contribution is 0.634. The molecule has 0 amide bonds. The van der Waals surface area contributed by atoms with Gasteiger partial charge in [0.2, 0.25) is 0 Å². The number of hydrogen-bond acceptors (Lipinski definition) is 2. The summed E-state index contributed by atoms with van der Waals surface area (Å²) in [5, 5.41) is 3.25. The molecule has 1 aromatic carbocycles. The molecule has 0 aromatic heterocycles. The first kappa shape index (κ1) is 13.9. The molecule has 2 nitrogen and oxygen atoms in total. The minimum Gasteiger partial charge on any atom is -0.310 e. The first-order chi connectivity index (χ1) is 6.79. The first-order valence-electron chi connectivity index (χ1n) is 4.85. The van der Waals surface area contributed by atoms with E-state index in [0.717, 1.165) is 12.2 Å². The fourth-order valence-corrected chi connectivity index (χ4v) is 0.963. The van der Waals surface area contributed by atoms with Gasteiger partial charge in [0, 0.05) is 12.6 Å². The van der Waals surface area contributed by atoms with E-state index in [1.807, 2.05) is 36.4 Å². The van der Waals surface area contributed by atoms with Gasteiger partial charge in [-0.2, -0.15) is 0 Å². The SMILES string of the molecule is CC(C)NCC=C=Nc1ccccc1.Cl. The molecule has 0 aliphatic rings. The highest BCUT2D eigenvalue weighted by Crippen LogP contribution is 2.07. The Balaban J connectivity index is 0.00000196. The van der Waals surface area contributed by atoms with Crippen molar-refractivity contribution in [2.24, 2.45) is 4.99 Å². The fraction of sp³-hybridized carbons (Fsp3) is 0.333. The van der Waals surface area contributed by atoms with Gasteiger partial charge in [0.15, 0.2) is 0 Å². The maximum atomic E-state index is 4.16. The molecule has 3 heteroatoms. The zero-order chi connectivity index (χ0) is 10.2. The van der Waals surface area contributed by atoms with E-state index in [2.05, 4.69) is 30.0 Å². The first-order valence-corrected chi connectivity index (χ1v) is 4.85. The predicted molar refractivity (Wildman–Crippen MR) is 68.5 cm³/mol. The van der Waals surface area contributed by atoms with Crippen LogP contribution < -0.4 is 5.32 Å². The monoisotopic (exact) mass is 224 g/mol. The van der Waals surface area contributed by atoms with Crippen LogP contribution in [-0.2, 0) is 0 Å². The molecule has 0 radical (unpaired) electrons. The highest BCUT2D eigenvalue weighted by molar-refractivity contribution is 5.85. The van der Waals surface area contributed by atoms with Gasteiger partial charge in [-0.05, 0) is 24.1 Å². The molecule has 15 heavy (non-hydrogen) atoms. The molecule has 0 unspecified atom stereocenters. The molecule has 0 atom stereocenters. The Kier molecular flexibility index (Phi) is 7.65. The van der Waals surface area contributed by atoms with E-state index >= 15 is 0 Å². The molecular weight excluding hydrogens is 208 g/mol. The van der Waals surface area contributed by atoms with E-state index in [0.29, 0.717) is 6.04 Å². The topological polar surface area (TPSA) is 24.4 Å². The van der Waals surface area contributed by atoms with Gasteiger partial charge in [-0.1, -0.05) is 32.0 Å². The van der Waals surface area contributed by atoms with E-state index in [-0.39, 0.29) is 12.4 Å². The Morgan fingerprint density at radius 3 is 2.60 bits per heavy atom. The van der Waals surface area contributed by atoms with Gasteiger partial charge in [0.25, 0.3) is 0 Å². The second-order valence-corrected chi connectivity index (χ2v) is 3.34. The summed E-state index contributed by atoms with van der Waals surface area (Å²) in [6, 6.07) is 10.3. The van der Waals surface area contributed by atoms with Gasteiger partial charge in [-0.15, -0.1) is 12.4 Å². The number of para-hydroxylation sites is 1. The Bertz CT molecular complexity index is 314. The Morgan fingerprint density at radius 2 is 2.00 bits per heavy atom. The van der Waals surface area contributed by atoms with Crippen molar-refractivity contribution in [2.45, 2.75) is 19.9 Å². The Morgan fingerprint density at radius 1 is 1.33 bits per heavy atom. The summed E-state index contributed by atoms with van der Waals surface area (Å²) >= 11 is 0. The molecule has 0 bridgehead atoms. The van der Waals surface area contributed by atoms with Crippen LogP contribution in [0, 0.1) is 0 Å². The second-order valence-electron chi connectivity index (χ2n) is 3.34. The van der Waals surface area contributed by atoms with Crippen molar-refractivity contribution in [2.75, 3.05) is 6.54 Å². The average molecular weight is 225 g/mol. The standard InChI is InChI=1S/C12H16N2.ClH/c1-11(2)13-9-6-10-14-12-7-4-3-5-8-12;/h3-8,11,13H,9H2,1-2H3;1H. The highest BCUT2D eigenvalue weighted by Gasteiger charge is 1.85. The number of rotatable bonds is 4. The van der Waals surface area contributed by atoms with Crippen LogP contribution in [0.15, 0.2) is 41.4 Å². The Labute approximate surface area is 97.5 Å². The van der Waals surface area contributed by atoms with Crippen LogP contribution in [0.1, 0.15) is 13.8 Å². The summed E-state index contributed by atoms with van der Waals surface area (Å²) in [6.45, 7) is 5.04. The number of benzene rings is 1. The smallest absolute Gasteiger partial charge is 0.0729 e.